The molecule has 43 heavy (non-hydrogen) atoms. The Kier molecular flexibility index (Phi) is 25.1. The van der Waals surface area contributed by atoms with Crippen molar-refractivity contribution in [2.45, 2.75) is 96.6 Å². The third kappa shape index (κ3) is 28.5. The normalized spacial score (nSPS) is 16.0. The second-order valence-electron chi connectivity index (χ2n) is 11.4. The van der Waals surface area contributed by atoms with Crippen molar-refractivity contribution in [3.8, 4) is 0 Å². The summed E-state index contributed by atoms with van der Waals surface area (Å²) in [4.78, 5) is 22.6. The number of phosphoric acid groups is 1. The Balaban J connectivity index is 4.50. The minimum Gasteiger partial charge on any atom is -0.387 e. The van der Waals surface area contributed by atoms with Gasteiger partial charge in [0.15, 0.2) is 0 Å². The van der Waals surface area contributed by atoms with E-state index in [0.29, 0.717) is 17.4 Å². The van der Waals surface area contributed by atoms with Crippen LogP contribution in [-0.4, -0.2) is 73.4 Å². The molecule has 246 valence electrons. The van der Waals surface area contributed by atoms with Gasteiger partial charge in [0.2, 0.25) is 5.91 Å². The van der Waals surface area contributed by atoms with Crippen molar-refractivity contribution in [3.63, 3.8) is 0 Å². The lowest BCUT2D eigenvalue weighted by Crippen LogP contribution is -2.45. The minimum absolute atomic E-state index is 0.0452. The Morgan fingerprint density at radius 1 is 0.814 bits per heavy atom. The smallest absolute Gasteiger partial charge is 0.387 e. The highest BCUT2D eigenvalue weighted by molar-refractivity contribution is 7.47. The Hall–Kier alpha value is -2.06. The van der Waals surface area contributed by atoms with Crippen LogP contribution in [0.3, 0.4) is 0 Å². The van der Waals surface area contributed by atoms with Crippen LogP contribution in [-0.2, 0) is 18.4 Å². The van der Waals surface area contributed by atoms with E-state index in [9.17, 15) is 19.4 Å². The molecule has 0 fully saturated rings. The number of rotatable bonds is 26. The van der Waals surface area contributed by atoms with E-state index in [1.165, 1.54) is 0 Å². The number of hydrogen-bond acceptors (Lipinski definition) is 5. The summed E-state index contributed by atoms with van der Waals surface area (Å²) in [7, 11) is 1.51. The van der Waals surface area contributed by atoms with Crippen LogP contribution in [0, 0.1) is 0 Å². The van der Waals surface area contributed by atoms with E-state index in [2.05, 4.69) is 79.9 Å². The monoisotopic (exact) mass is 623 g/mol. The summed E-state index contributed by atoms with van der Waals surface area (Å²) in [5, 5.41) is 13.4. The van der Waals surface area contributed by atoms with Crippen molar-refractivity contribution in [1.82, 2.24) is 5.32 Å². The first-order chi connectivity index (χ1) is 20.5. The number of allylic oxidation sites excluding steroid dienone is 11. The zero-order valence-electron chi connectivity index (χ0n) is 27.4. The quantitative estimate of drug-likeness (QED) is 0.0403. The molecule has 0 rings (SSSR count). The lowest BCUT2D eigenvalue weighted by atomic mass is 10.1. The molecule has 0 aliphatic carbocycles. The summed E-state index contributed by atoms with van der Waals surface area (Å²) in [6.45, 7) is 4.44. The van der Waals surface area contributed by atoms with Crippen LogP contribution in [0.1, 0.15) is 84.5 Å². The van der Waals surface area contributed by atoms with Crippen molar-refractivity contribution in [2.24, 2.45) is 0 Å². The van der Waals surface area contributed by atoms with E-state index >= 15 is 0 Å². The summed E-state index contributed by atoms with van der Waals surface area (Å²) in [5.41, 5.74) is 0. The van der Waals surface area contributed by atoms with Gasteiger partial charge >= 0.3 is 7.82 Å². The fourth-order valence-electron chi connectivity index (χ4n) is 3.59. The molecular weight excluding hydrogens is 563 g/mol. The van der Waals surface area contributed by atoms with Crippen LogP contribution >= 0.6 is 7.82 Å². The van der Waals surface area contributed by atoms with Gasteiger partial charge in [0.25, 0.3) is 0 Å². The van der Waals surface area contributed by atoms with E-state index in [1.54, 1.807) is 6.08 Å². The number of nitrogens with zero attached hydrogens (tertiary/aromatic N) is 1. The molecule has 3 unspecified atom stereocenters. The van der Waals surface area contributed by atoms with Gasteiger partial charge in [0, 0.05) is 6.42 Å². The number of amides is 1. The first-order valence-electron chi connectivity index (χ1n) is 15.8. The van der Waals surface area contributed by atoms with Crippen LogP contribution in [0.25, 0.3) is 0 Å². The molecule has 9 heteroatoms. The van der Waals surface area contributed by atoms with Gasteiger partial charge in [-0.25, -0.2) is 4.57 Å². The predicted molar refractivity (Wildman–Crippen MR) is 180 cm³/mol. The molecule has 0 spiro atoms. The fourth-order valence-corrected chi connectivity index (χ4v) is 4.32. The van der Waals surface area contributed by atoms with Crippen molar-refractivity contribution in [1.29, 1.82) is 0 Å². The minimum atomic E-state index is -4.33. The molecule has 3 atom stereocenters. The number of carbonyl (C=O) groups excluding carboxylic acids is 1. The highest BCUT2D eigenvalue weighted by Crippen LogP contribution is 2.43. The van der Waals surface area contributed by atoms with E-state index in [0.717, 1.165) is 57.8 Å². The summed E-state index contributed by atoms with van der Waals surface area (Å²) in [6, 6.07) is -0.874. The molecule has 0 saturated heterocycles. The standard InChI is InChI=1S/C34H59N2O6P/c1-6-8-10-12-13-14-15-16-17-18-19-20-21-22-23-24-26-28-34(38)35-32(33(37)27-25-11-9-7-2)31-42-43(39,40)41-30-29-36(3,4)5/h8,10,13-14,16-17,19-20,22-23,25,27,32-33,37H,6-7,9,11-12,15,18,21,24,26,28-31H2,1-5H3,(H-,35,38,39,40)/p+1/b10-8-,14-13-,17-16-,20-19-,23-22-,27-25+. The number of nitrogens with one attached hydrogen (secondary N) is 1. The Labute approximate surface area is 262 Å². The Bertz CT molecular complexity index is 934. The van der Waals surface area contributed by atoms with E-state index in [1.807, 2.05) is 27.2 Å². The molecule has 0 aliphatic heterocycles. The number of hydrogen-bond donors (Lipinski definition) is 3. The highest BCUT2D eigenvalue weighted by Gasteiger charge is 2.27. The molecule has 0 aromatic carbocycles. The highest BCUT2D eigenvalue weighted by atomic mass is 31.2. The number of carbonyl (C=O) groups is 1. The van der Waals surface area contributed by atoms with Gasteiger partial charge in [-0.15, -0.1) is 0 Å². The first kappa shape index (κ1) is 40.9. The number of aliphatic hydroxyl groups excluding tert-OH is 1. The van der Waals surface area contributed by atoms with Crippen molar-refractivity contribution < 1.29 is 32.9 Å². The van der Waals surface area contributed by atoms with Crippen molar-refractivity contribution in [2.75, 3.05) is 40.9 Å². The maximum atomic E-state index is 12.6. The summed E-state index contributed by atoms with van der Waals surface area (Å²) >= 11 is 0. The number of quaternary nitrogens is 1. The first-order valence-corrected chi connectivity index (χ1v) is 17.3. The molecule has 0 aromatic heterocycles. The van der Waals surface area contributed by atoms with Gasteiger partial charge in [-0.05, 0) is 51.4 Å². The average molecular weight is 624 g/mol. The predicted octanol–water partition coefficient (Wildman–Crippen LogP) is 7.34. The second kappa shape index (κ2) is 26.4. The lowest BCUT2D eigenvalue weighted by molar-refractivity contribution is -0.870. The SMILES string of the molecule is CC/C=C\C/C=C\C/C=C\C/C=C\C/C=C\CCCC(=O)NC(COP(=O)(O)OCC[N+](C)(C)C)C(O)/C=C/CCCC. The Morgan fingerprint density at radius 3 is 1.88 bits per heavy atom. The molecule has 1 amide bonds. The number of likely N-dealkylation sites (N-methyl/N-ethyl adjacent to an activating group) is 1. The summed E-state index contributed by atoms with van der Waals surface area (Å²) in [6.07, 6.45) is 33.2. The van der Waals surface area contributed by atoms with Crippen LogP contribution in [0.15, 0.2) is 72.9 Å². The van der Waals surface area contributed by atoms with E-state index in [-0.39, 0.29) is 25.5 Å². The molecule has 0 saturated carbocycles. The van der Waals surface area contributed by atoms with Crippen LogP contribution in [0.4, 0.5) is 0 Å². The summed E-state index contributed by atoms with van der Waals surface area (Å²) < 4.78 is 23.1. The molecule has 0 aliphatic rings. The molecule has 3 N–H and O–H groups in total. The Morgan fingerprint density at radius 2 is 1.35 bits per heavy atom. The van der Waals surface area contributed by atoms with Crippen LogP contribution in [0.2, 0.25) is 0 Å². The number of unbranched alkanes of at least 4 members (excludes halogenated alkanes) is 3. The van der Waals surface area contributed by atoms with Gasteiger partial charge in [-0.1, -0.05) is 99.6 Å². The van der Waals surface area contributed by atoms with Crippen molar-refractivity contribution in [3.05, 3.63) is 72.9 Å². The maximum Gasteiger partial charge on any atom is 0.472 e. The number of phosphoric ester groups is 1. The lowest BCUT2D eigenvalue weighted by Gasteiger charge is -2.25. The van der Waals surface area contributed by atoms with Gasteiger partial charge < -0.3 is 19.8 Å². The molecule has 0 aromatic rings. The molecular formula is C34H60N2O6P+. The van der Waals surface area contributed by atoms with Gasteiger partial charge in [-0.2, -0.15) is 0 Å². The van der Waals surface area contributed by atoms with E-state index < -0.39 is 20.0 Å². The topological polar surface area (TPSA) is 105 Å². The van der Waals surface area contributed by atoms with Gasteiger partial charge in [-0.3, -0.25) is 13.8 Å². The second-order valence-corrected chi connectivity index (χ2v) is 12.9. The maximum absolute atomic E-state index is 12.6. The third-order valence-corrected chi connectivity index (χ3v) is 7.17. The largest absolute Gasteiger partial charge is 0.472 e. The average Bonchev–Trinajstić information content (AvgIpc) is 2.94. The van der Waals surface area contributed by atoms with E-state index in [4.69, 9.17) is 9.05 Å². The van der Waals surface area contributed by atoms with Crippen LogP contribution < -0.4 is 5.32 Å². The molecule has 0 bridgehead atoms. The summed E-state index contributed by atoms with van der Waals surface area (Å²) in [5.74, 6) is -0.249. The van der Waals surface area contributed by atoms with Crippen LogP contribution in [0.5, 0.6) is 0 Å². The van der Waals surface area contributed by atoms with Gasteiger partial charge in [0.05, 0.1) is 39.9 Å². The molecule has 0 radical (unpaired) electrons. The molecule has 8 nitrogen and oxygen atoms in total. The number of aliphatic hydroxyl groups is 1. The van der Waals surface area contributed by atoms with Crippen molar-refractivity contribution >= 4 is 13.7 Å². The third-order valence-electron chi connectivity index (χ3n) is 6.18. The fraction of sp³-hybridized carbons (Fsp3) is 0.618. The zero-order valence-corrected chi connectivity index (χ0v) is 28.3. The molecule has 0 heterocycles. The van der Waals surface area contributed by atoms with Gasteiger partial charge in [0.1, 0.15) is 13.2 Å². The zero-order chi connectivity index (χ0) is 32.2.